The van der Waals surface area contributed by atoms with Crippen LogP contribution in [-0.2, 0) is 17.8 Å². The molecule has 5 rings (SSSR count). The summed E-state index contributed by atoms with van der Waals surface area (Å²) in [7, 11) is 0. The summed E-state index contributed by atoms with van der Waals surface area (Å²) in [4.78, 5) is 16.7. The first-order valence-electron chi connectivity index (χ1n) is 10.9. The Morgan fingerprint density at radius 2 is 1.76 bits per heavy atom. The lowest BCUT2D eigenvalue weighted by Gasteiger charge is -2.11. The van der Waals surface area contributed by atoms with Gasteiger partial charge in [0.2, 0.25) is 12.7 Å². The molecule has 8 nitrogen and oxygen atoms in total. The highest BCUT2D eigenvalue weighted by molar-refractivity contribution is 7.99. The fourth-order valence-electron chi connectivity index (χ4n) is 3.60. The number of nitrogens with one attached hydrogen (secondary N) is 1. The molecule has 0 atom stereocenters. The highest BCUT2D eigenvalue weighted by Crippen LogP contribution is 2.32. The fraction of sp³-hybridized carbons (Fsp3) is 0.200. The first-order valence-corrected chi connectivity index (χ1v) is 11.9. The molecule has 1 aliphatic rings. The second-order valence-corrected chi connectivity index (χ2v) is 8.59. The van der Waals surface area contributed by atoms with Crippen molar-refractivity contribution in [2.45, 2.75) is 25.0 Å². The van der Waals surface area contributed by atoms with Gasteiger partial charge in [-0.3, -0.25) is 14.3 Å². The molecule has 0 aliphatic carbocycles. The number of benzene rings is 2. The van der Waals surface area contributed by atoms with E-state index in [2.05, 4.69) is 51.7 Å². The van der Waals surface area contributed by atoms with Crippen LogP contribution in [-0.4, -0.2) is 38.2 Å². The van der Waals surface area contributed by atoms with E-state index < -0.39 is 0 Å². The van der Waals surface area contributed by atoms with Crippen LogP contribution in [0.5, 0.6) is 11.5 Å². The van der Waals surface area contributed by atoms with Gasteiger partial charge in [0.1, 0.15) is 0 Å². The Labute approximate surface area is 201 Å². The number of ether oxygens (including phenoxy) is 2. The quantitative estimate of drug-likeness (QED) is 0.386. The topological polar surface area (TPSA) is 91.2 Å². The van der Waals surface area contributed by atoms with Gasteiger partial charge in [-0.2, -0.15) is 0 Å². The predicted molar refractivity (Wildman–Crippen MR) is 129 cm³/mol. The SMILES string of the molecule is CCc1ccc(-n2c(SCC(=O)NCc3ccc4c(c3)OCO4)nnc2-c2ccncc2)cc1. The largest absolute Gasteiger partial charge is 0.454 e. The maximum atomic E-state index is 12.6. The average Bonchev–Trinajstić information content (AvgIpc) is 3.53. The van der Waals surface area contributed by atoms with Gasteiger partial charge in [0, 0.05) is 30.2 Å². The van der Waals surface area contributed by atoms with Crippen LogP contribution in [0.4, 0.5) is 0 Å². The zero-order valence-electron chi connectivity index (χ0n) is 18.6. The van der Waals surface area contributed by atoms with Crippen LogP contribution in [0.2, 0.25) is 0 Å². The smallest absolute Gasteiger partial charge is 0.231 e. The maximum absolute atomic E-state index is 12.6. The van der Waals surface area contributed by atoms with E-state index in [-0.39, 0.29) is 18.5 Å². The lowest BCUT2D eigenvalue weighted by atomic mass is 10.1. The third-order valence-corrected chi connectivity index (χ3v) is 6.36. The minimum atomic E-state index is -0.0935. The number of thioether (sulfide) groups is 1. The second-order valence-electron chi connectivity index (χ2n) is 7.65. The molecule has 0 radical (unpaired) electrons. The van der Waals surface area contributed by atoms with Crippen molar-refractivity contribution in [3.05, 3.63) is 78.1 Å². The maximum Gasteiger partial charge on any atom is 0.231 e. The molecule has 0 spiro atoms. The molecule has 4 aromatic rings. The summed E-state index contributed by atoms with van der Waals surface area (Å²) in [5.74, 6) is 2.25. The van der Waals surface area contributed by atoms with Gasteiger partial charge in [0.15, 0.2) is 22.5 Å². The van der Waals surface area contributed by atoms with Gasteiger partial charge < -0.3 is 14.8 Å². The average molecular weight is 474 g/mol. The van der Waals surface area contributed by atoms with Crippen LogP contribution in [0, 0.1) is 0 Å². The van der Waals surface area contributed by atoms with Crippen molar-refractivity contribution in [3.8, 4) is 28.6 Å². The molecule has 0 fully saturated rings. The van der Waals surface area contributed by atoms with Crippen LogP contribution in [0.3, 0.4) is 0 Å². The number of carbonyl (C=O) groups is 1. The molecular weight excluding hydrogens is 450 g/mol. The van der Waals surface area contributed by atoms with Gasteiger partial charge in [-0.25, -0.2) is 0 Å². The number of fused-ring (bicyclic) bond motifs is 1. The molecular formula is C25H23N5O3S. The molecule has 3 heterocycles. The first kappa shape index (κ1) is 22.0. The van der Waals surface area contributed by atoms with E-state index in [1.54, 1.807) is 12.4 Å². The third-order valence-electron chi connectivity index (χ3n) is 5.43. The first-order chi connectivity index (χ1) is 16.7. The van der Waals surface area contributed by atoms with E-state index in [0.29, 0.717) is 23.3 Å². The monoisotopic (exact) mass is 473 g/mol. The van der Waals surface area contributed by atoms with Gasteiger partial charge in [-0.15, -0.1) is 10.2 Å². The highest BCUT2D eigenvalue weighted by atomic mass is 32.2. The van der Waals surface area contributed by atoms with E-state index in [9.17, 15) is 4.79 Å². The van der Waals surface area contributed by atoms with Crippen molar-refractivity contribution in [1.82, 2.24) is 25.1 Å². The van der Waals surface area contributed by atoms with Gasteiger partial charge in [-0.1, -0.05) is 36.9 Å². The molecule has 2 aromatic heterocycles. The van der Waals surface area contributed by atoms with E-state index in [1.807, 2.05) is 34.9 Å². The Hall–Kier alpha value is -3.85. The number of aryl methyl sites for hydroxylation is 1. The summed E-state index contributed by atoms with van der Waals surface area (Å²) in [5, 5.41) is 12.4. The van der Waals surface area contributed by atoms with Crippen LogP contribution in [0.15, 0.2) is 72.1 Å². The van der Waals surface area contributed by atoms with Crippen molar-refractivity contribution in [2.75, 3.05) is 12.5 Å². The number of rotatable bonds is 8. The van der Waals surface area contributed by atoms with E-state index in [1.165, 1.54) is 17.3 Å². The van der Waals surface area contributed by atoms with Gasteiger partial charge in [0.05, 0.1) is 5.75 Å². The molecule has 1 amide bonds. The van der Waals surface area contributed by atoms with Crippen molar-refractivity contribution >= 4 is 17.7 Å². The number of amides is 1. The molecule has 1 aliphatic heterocycles. The predicted octanol–water partition coefficient (Wildman–Crippen LogP) is 4.03. The summed E-state index contributed by atoms with van der Waals surface area (Å²) in [6, 6.07) is 17.7. The zero-order chi connectivity index (χ0) is 23.3. The summed E-state index contributed by atoms with van der Waals surface area (Å²) < 4.78 is 12.7. The summed E-state index contributed by atoms with van der Waals surface area (Å²) >= 11 is 1.35. The summed E-state index contributed by atoms with van der Waals surface area (Å²) in [6.45, 7) is 2.76. The molecule has 0 saturated heterocycles. The van der Waals surface area contributed by atoms with Crippen LogP contribution >= 0.6 is 11.8 Å². The molecule has 2 aromatic carbocycles. The standard InChI is InChI=1S/C25H23N5O3S/c1-2-17-3-6-20(7-4-17)30-24(19-9-11-26-12-10-19)28-29-25(30)34-15-23(31)27-14-18-5-8-21-22(13-18)33-16-32-21/h3-13H,2,14-16H2,1H3,(H,27,31). The Kier molecular flexibility index (Phi) is 6.44. The molecule has 172 valence electrons. The van der Waals surface area contributed by atoms with E-state index in [4.69, 9.17) is 9.47 Å². The summed E-state index contributed by atoms with van der Waals surface area (Å²) in [5.41, 5.74) is 4.04. The minimum absolute atomic E-state index is 0.0935. The normalized spacial score (nSPS) is 12.0. The third kappa shape index (κ3) is 4.74. The van der Waals surface area contributed by atoms with Crippen LogP contribution in [0.1, 0.15) is 18.1 Å². The molecule has 34 heavy (non-hydrogen) atoms. The number of nitrogens with zero attached hydrogens (tertiary/aromatic N) is 4. The Morgan fingerprint density at radius 1 is 1.00 bits per heavy atom. The number of aromatic nitrogens is 4. The molecule has 1 N–H and O–H groups in total. The highest BCUT2D eigenvalue weighted by Gasteiger charge is 2.18. The Bertz CT molecular complexity index is 1290. The van der Waals surface area contributed by atoms with Crippen molar-refractivity contribution in [1.29, 1.82) is 0 Å². The van der Waals surface area contributed by atoms with Crippen molar-refractivity contribution in [3.63, 3.8) is 0 Å². The molecule has 0 saturated carbocycles. The lowest BCUT2D eigenvalue weighted by molar-refractivity contribution is -0.118. The fourth-order valence-corrected chi connectivity index (χ4v) is 4.38. The number of carbonyl (C=O) groups excluding carboxylic acids is 1. The minimum Gasteiger partial charge on any atom is -0.454 e. The number of hydrogen-bond acceptors (Lipinski definition) is 7. The molecule has 0 unspecified atom stereocenters. The van der Waals surface area contributed by atoms with Crippen molar-refractivity contribution < 1.29 is 14.3 Å². The number of hydrogen-bond donors (Lipinski definition) is 1. The Morgan fingerprint density at radius 3 is 2.56 bits per heavy atom. The van der Waals surface area contributed by atoms with Gasteiger partial charge in [0.25, 0.3) is 0 Å². The van der Waals surface area contributed by atoms with Gasteiger partial charge >= 0.3 is 0 Å². The van der Waals surface area contributed by atoms with Gasteiger partial charge in [-0.05, 0) is 53.9 Å². The molecule has 9 heteroatoms. The van der Waals surface area contributed by atoms with Crippen LogP contribution < -0.4 is 14.8 Å². The molecule has 0 bridgehead atoms. The summed E-state index contributed by atoms with van der Waals surface area (Å²) in [6.07, 6.45) is 4.42. The Balaban J connectivity index is 1.31. The van der Waals surface area contributed by atoms with E-state index in [0.717, 1.165) is 29.0 Å². The lowest BCUT2D eigenvalue weighted by Crippen LogP contribution is -2.24. The second kappa shape index (κ2) is 9.96. The van der Waals surface area contributed by atoms with Crippen molar-refractivity contribution in [2.24, 2.45) is 0 Å². The van der Waals surface area contributed by atoms with E-state index >= 15 is 0 Å². The zero-order valence-corrected chi connectivity index (χ0v) is 19.4. The number of pyridine rings is 1. The van der Waals surface area contributed by atoms with Crippen LogP contribution in [0.25, 0.3) is 17.1 Å².